The number of rotatable bonds is 11. The molecule has 16 aromatic rings. The Hall–Kier alpha value is -12.8. The number of halogens is 3. The van der Waals surface area contributed by atoms with Crippen molar-refractivity contribution in [1.82, 2.24) is 29.1 Å². The van der Waals surface area contributed by atoms with E-state index in [0.717, 1.165) is 123 Å². The molecule has 10 aromatic carbocycles. The topological polar surface area (TPSA) is 109 Å². The predicted octanol–water partition coefficient (Wildman–Crippen LogP) is 21.2. The SMILES string of the molecule is N#Cc1cc(-c2c(-n3c4cc(-c5ccc(-c6ccccc6)nc5)ccc4c4ccc(-c5ccc(-c6ccccc6)nc5)cc43)cc(C#N)cc2-n2c3cc(-c4ccc(-c5ccccc5)nc4)ccc3c3ccc(-c4ccc(-c5ccccc5)nc4)cc32)cc(C(F)(F)F)c1. The summed E-state index contributed by atoms with van der Waals surface area (Å²) < 4.78 is 51.0. The summed E-state index contributed by atoms with van der Waals surface area (Å²) in [6.45, 7) is 0. The molecule has 0 radical (unpaired) electrons. The first-order chi connectivity index (χ1) is 46.1. The van der Waals surface area contributed by atoms with E-state index in [-0.39, 0.29) is 16.7 Å². The highest BCUT2D eigenvalue weighted by molar-refractivity contribution is 6.14. The zero-order valence-electron chi connectivity index (χ0n) is 50.0. The van der Waals surface area contributed by atoms with Crippen molar-refractivity contribution >= 4 is 43.6 Å². The van der Waals surface area contributed by atoms with Crippen LogP contribution in [0.5, 0.6) is 0 Å². The van der Waals surface area contributed by atoms with Gasteiger partial charge in [-0.1, -0.05) is 194 Å². The van der Waals surface area contributed by atoms with Gasteiger partial charge >= 0.3 is 6.18 Å². The Morgan fingerprint density at radius 1 is 0.277 bits per heavy atom. The summed E-state index contributed by atoms with van der Waals surface area (Å²) >= 11 is 0. The second-order valence-corrected chi connectivity index (χ2v) is 23.2. The van der Waals surface area contributed by atoms with E-state index in [4.69, 9.17) is 19.9 Å². The molecule has 6 aromatic heterocycles. The Morgan fingerprint density at radius 3 is 0.830 bits per heavy atom. The maximum atomic E-state index is 15.6. The van der Waals surface area contributed by atoms with E-state index in [0.29, 0.717) is 39.0 Å². The van der Waals surface area contributed by atoms with Gasteiger partial charge in [0.25, 0.3) is 0 Å². The second-order valence-electron chi connectivity index (χ2n) is 23.2. The molecule has 6 heterocycles. The first kappa shape index (κ1) is 56.4. The third kappa shape index (κ3) is 10.3. The third-order valence-electron chi connectivity index (χ3n) is 17.6. The molecular weight excluding hydrogens is 1170 g/mol. The fraction of sp³-hybridized carbons (Fsp3) is 0.0120. The Bertz CT molecular complexity index is 5090. The molecule has 16 rings (SSSR count). The smallest absolute Gasteiger partial charge is 0.308 e. The number of fused-ring (bicyclic) bond motifs is 6. The molecule has 0 atom stereocenters. The minimum atomic E-state index is -4.86. The summed E-state index contributed by atoms with van der Waals surface area (Å²) in [4.78, 5) is 19.7. The van der Waals surface area contributed by atoms with Crippen molar-refractivity contribution < 1.29 is 13.2 Å². The minimum absolute atomic E-state index is 0.105. The lowest BCUT2D eigenvalue weighted by atomic mass is 9.94. The Kier molecular flexibility index (Phi) is 13.9. The molecule has 0 fully saturated rings. The standard InChI is InChI=1S/C83H49F3N8/c84-83(85,86)67-38-52(46-87)37-66(41-67)82-80(93-76-42-58(62-25-33-72(89-48-62)54-13-5-1-6-14-54)21-29-68(76)69-30-22-59(43-77(69)93)63-26-34-73(90-49-63)55-15-7-2-8-16-55)39-53(47-88)40-81(82)94-78-44-60(64-27-35-74(91-50-64)56-17-9-3-10-18-56)23-31-70(78)71-32-24-61(45-79(71)94)65-28-36-75(92-51-65)57-19-11-4-12-20-57/h1-45,48-51H. The molecule has 0 spiro atoms. The van der Waals surface area contributed by atoms with Gasteiger partial charge in [-0.15, -0.1) is 0 Å². The van der Waals surface area contributed by atoms with Crippen LogP contribution in [-0.4, -0.2) is 29.1 Å². The second kappa shape index (κ2) is 23.2. The van der Waals surface area contributed by atoms with Crippen LogP contribution in [0.4, 0.5) is 13.2 Å². The number of nitrogens with zero attached hydrogens (tertiary/aromatic N) is 8. The molecule has 0 aliphatic heterocycles. The van der Waals surface area contributed by atoms with Gasteiger partial charge in [0, 0.05) is 96.4 Å². The van der Waals surface area contributed by atoms with E-state index < -0.39 is 11.7 Å². The molecule has 0 aliphatic rings. The number of aromatic nitrogens is 6. The van der Waals surface area contributed by atoms with Crippen LogP contribution in [0, 0.1) is 22.7 Å². The van der Waals surface area contributed by atoms with Gasteiger partial charge < -0.3 is 9.13 Å². The van der Waals surface area contributed by atoms with Crippen LogP contribution >= 0.6 is 0 Å². The molecule has 0 aliphatic carbocycles. The molecule has 0 unspecified atom stereocenters. The van der Waals surface area contributed by atoms with Gasteiger partial charge in [-0.2, -0.15) is 23.7 Å². The fourth-order valence-electron chi connectivity index (χ4n) is 13.0. The Balaban J connectivity index is 0.997. The zero-order valence-corrected chi connectivity index (χ0v) is 50.0. The number of pyridine rings is 4. The first-order valence-corrected chi connectivity index (χ1v) is 30.6. The average molecular weight is 1220 g/mol. The van der Waals surface area contributed by atoms with Crippen LogP contribution in [0.3, 0.4) is 0 Å². The molecule has 0 bridgehead atoms. The zero-order chi connectivity index (χ0) is 63.4. The molecule has 0 amide bonds. The summed E-state index contributed by atoms with van der Waals surface area (Å²) in [6.07, 6.45) is 2.53. The normalized spacial score (nSPS) is 11.5. The lowest BCUT2D eigenvalue weighted by Gasteiger charge is -2.22. The highest BCUT2D eigenvalue weighted by Gasteiger charge is 2.33. The average Bonchev–Trinajstić information content (AvgIpc) is 1.53. The molecule has 0 N–H and O–H groups in total. The van der Waals surface area contributed by atoms with Crippen LogP contribution < -0.4 is 0 Å². The van der Waals surface area contributed by atoms with Crippen molar-refractivity contribution in [2.45, 2.75) is 6.18 Å². The minimum Gasteiger partial charge on any atom is -0.308 e. The molecule has 8 nitrogen and oxygen atoms in total. The molecule has 442 valence electrons. The van der Waals surface area contributed by atoms with Crippen LogP contribution in [0.2, 0.25) is 0 Å². The van der Waals surface area contributed by atoms with Crippen LogP contribution in [0.25, 0.3) is 156 Å². The van der Waals surface area contributed by atoms with Gasteiger partial charge in [-0.3, -0.25) is 19.9 Å². The quantitative estimate of drug-likeness (QED) is 0.128. The fourth-order valence-corrected chi connectivity index (χ4v) is 13.0. The van der Waals surface area contributed by atoms with Crippen molar-refractivity contribution in [2.75, 3.05) is 0 Å². The van der Waals surface area contributed by atoms with Gasteiger partial charge in [0.05, 0.1) is 85.0 Å². The number of hydrogen-bond donors (Lipinski definition) is 0. The summed E-state index contributed by atoms with van der Waals surface area (Å²) in [6, 6.07) is 92.2. The van der Waals surface area contributed by atoms with Gasteiger partial charge in [0.15, 0.2) is 0 Å². The van der Waals surface area contributed by atoms with Crippen LogP contribution in [0.1, 0.15) is 16.7 Å². The molecule has 11 heteroatoms. The van der Waals surface area contributed by atoms with Crippen LogP contribution in [-0.2, 0) is 6.18 Å². The number of hydrogen-bond acceptors (Lipinski definition) is 6. The molecule has 94 heavy (non-hydrogen) atoms. The molecule has 0 saturated carbocycles. The van der Waals surface area contributed by atoms with Crippen molar-refractivity contribution in [3.63, 3.8) is 0 Å². The van der Waals surface area contributed by atoms with Crippen LogP contribution in [0.15, 0.2) is 298 Å². The first-order valence-electron chi connectivity index (χ1n) is 30.6. The van der Waals surface area contributed by atoms with Crippen molar-refractivity contribution in [3.05, 3.63) is 314 Å². The van der Waals surface area contributed by atoms with Gasteiger partial charge in [-0.25, -0.2) is 0 Å². The maximum absolute atomic E-state index is 15.6. The van der Waals surface area contributed by atoms with Crippen molar-refractivity contribution in [3.8, 4) is 124 Å². The highest BCUT2D eigenvalue weighted by Crippen LogP contribution is 2.47. The number of benzene rings is 10. The van der Waals surface area contributed by atoms with E-state index in [1.165, 1.54) is 6.07 Å². The number of nitriles is 2. The monoisotopic (exact) mass is 1210 g/mol. The van der Waals surface area contributed by atoms with Crippen molar-refractivity contribution in [2.24, 2.45) is 0 Å². The third-order valence-corrected chi connectivity index (χ3v) is 17.6. The maximum Gasteiger partial charge on any atom is 0.416 e. The summed E-state index contributed by atoms with van der Waals surface area (Å²) in [5.41, 5.74) is 16.8. The van der Waals surface area contributed by atoms with Crippen molar-refractivity contribution in [1.29, 1.82) is 10.5 Å². The molecule has 0 saturated heterocycles. The molecular formula is C83H49F3N8. The largest absolute Gasteiger partial charge is 0.416 e. The van der Waals surface area contributed by atoms with Gasteiger partial charge in [0.1, 0.15) is 0 Å². The van der Waals surface area contributed by atoms with E-state index in [1.54, 1.807) is 12.1 Å². The van der Waals surface area contributed by atoms with Gasteiger partial charge in [-0.05, 0) is 107 Å². The lowest BCUT2D eigenvalue weighted by molar-refractivity contribution is -0.137. The van der Waals surface area contributed by atoms with E-state index in [1.807, 2.05) is 195 Å². The van der Waals surface area contributed by atoms with E-state index in [2.05, 4.69) is 94.1 Å². The van der Waals surface area contributed by atoms with Gasteiger partial charge in [0.2, 0.25) is 0 Å². The van der Waals surface area contributed by atoms with E-state index in [9.17, 15) is 10.5 Å². The summed E-state index contributed by atoms with van der Waals surface area (Å²) in [7, 11) is 0. The lowest BCUT2D eigenvalue weighted by Crippen LogP contribution is -2.08. The predicted molar refractivity (Wildman–Crippen MR) is 370 cm³/mol. The van der Waals surface area contributed by atoms with E-state index >= 15 is 13.2 Å². The highest BCUT2D eigenvalue weighted by atomic mass is 19.4. The Labute approximate surface area is 538 Å². The summed E-state index contributed by atoms with van der Waals surface area (Å²) in [5.74, 6) is 0. The Morgan fingerprint density at radius 2 is 0.564 bits per heavy atom. The number of alkyl halides is 3. The summed E-state index contributed by atoms with van der Waals surface area (Å²) in [5, 5.41) is 25.7.